The van der Waals surface area contributed by atoms with Gasteiger partial charge in [-0.2, -0.15) is 0 Å². The van der Waals surface area contributed by atoms with Gasteiger partial charge >= 0.3 is 12.1 Å². The predicted molar refractivity (Wildman–Crippen MR) is 103 cm³/mol. The normalized spacial score (nSPS) is 14.4. The average molecular weight is 364 g/mol. The SMILES string of the molecule is Cc1ccc(N)cc1C[C@@H](NC(=O)OC(C)(C)C)C(C(=O)O)C(C)(C)C. The molecule has 4 N–H and O–H groups in total. The molecule has 1 unspecified atom stereocenters. The number of carbonyl (C=O) groups is 2. The summed E-state index contributed by atoms with van der Waals surface area (Å²) in [6, 6.07) is 4.87. The first-order valence-electron chi connectivity index (χ1n) is 8.78. The minimum absolute atomic E-state index is 0.352. The fourth-order valence-electron chi connectivity index (χ4n) is 3.01. The predicted octanol–water partition coefficient (Wildman–Crippen LogP) is 3.76. The molecule has 26 heavy (non-hydrogen) atoms. The lowest BCUT2D eigenvalue weighted by molar-refractivity contribution is -0.146. The molecule has 0 aliphatic rings. The van der Waals surface area contributed by atoms with Crippen LogP contribution < -0.4 is 11.1 Å². The summed E-state index contributed by atoms with van der Waals surface area (Å²) in [5, 5.41) is 12.6. The molecule has 0 spiro atoms. The van der Waals surface area contributed by atoms with Gasteiger partial charge in [0.05, 0.1) is 12.0 Å². The number of rotatable bonds is 5. The summed E-state index contributed by atoms with van der Waals surface area (Å²) < 4.78 is 5.33. The van der Waals surface area contributed by atoms with Crippen LogP contribution in [-0.2, 0) is 16.0 Å². The number of alkyl carbamates (subject to hydrolysis) is 1. The zero-order chi connectivity index (χ0) is 20.3. The number of benzene rings is 1. The van der Waals surface area contributed by atoms with Crippen molar-refractivity contribution in [1.82, 2.24) is 5.32 Å². The third kappa shape index (κ3) is 6.58. The van der Waals surface area contributed by atoms with E-state index < -0.39 is 35.0 Å². The Kier molecular flexibility index (Phi) is 6.69. The van der Waals surface area contributed by atoms with Gasteiger partial charge in [0, 0.05) is 5.69 Å². The molecule has 1 aromatic rings. The van der Waals surface area contributed by atoms with Gasteiger partial charge in [0.1, 0.15) is 5.60 Å². The number of aryl methyl sites for hydroxylation is 1. The van der Waals surface area contributed by atoms with Crippen molar-refractivity contribution in [3.8, 4) is 0 Å². The van der Waals surface area contributed by atoms with Crippen molar-refractivity contribution < 1.29 is 19.4 Å². The highest BCUT2D eigenvalue weighted by Crippen LogP contribution is 2.31. The number of carboxylic acid groups (broad SMARTS) is 1. The topological polar surface area (TPSA) is 102 Å². The van der Waals surface area contributed by atoms with E-state index in [-0.39, 0.29) is 0 Å². The first-order chi connectivity index (χ1) is 11.7. The largest absolute Gasteiger partial charge is 0.481 e. The van der Waals surface area contributed by atoms with Crippen molar-refractivity contribution >= 4 is 17.7 Å². The summed E-state index contributed by atoms with van der Waals surface area (Å²) in [6.07, 6.45) is -0.274. The third-order valence-electron chi connectivity index (χ3n) is 4.12. The Hall–Kier alpha value is -2.24. The van der Waals surface area contributed by atoms with Crippen LogP contribution in [0.5, 0.6) is 0 Å². The molecule has 0 saturated heterocycles. The van der Waals surface area contributed by atoms with Crippen LogP contribution in [0.1, 0.15) is 52.7 Å². The molecule has 0 bridgehead atoms. The van der Waals surface area contributed by atoms with Gasteiger partial charge in [-0.1, -0.05) is 26.8 Å². The van der Waals surface area contributed by atoms with Crippen LogP contribution >= 0.6 is 0 Å². The number of aliphatic carboxylic acids is 1. The second kappa shape index (κ2) is 7.98. The van der Waals surface area contributed by atoms with Gasteiger partial charge in [-0.25, -0.2) is 4.79 Å². The third-order valence-corrected chi connectivity index (χ3v) is 4.12. The van der Waals surface area contributed by atoms with Crippen LogP contribution in [0, 0.1) is 18.3 Å². The molecular weight excluding hydrogens is 332 g/mol. The van der Waals surface area contributed by atoms with E-state index >= 15 is 0 Å². The molecule has 0 radical (unpaired) electrons. The first kappa shape index (κ1) is 21.8. The lowest BCUT2D eigenvalue weighted by Gasteiger charge is -2.35. The van der Waals surface area contributed by atoms with Crippen LogP contribution in [0.25, 0.3) is 0 Å². The number of carboxylic acids is 1. The molecule has 1 amide bonds. The Bertz CT molecular complexity index is 657. The summed E-state index contributed by atoms with van der Waals surface area (Å²) in [5.74, 6) is -1.75. The van der Waals surface area contributed by atoms with Gasteiger partial charge in [-0.05, 0) is 62.8 Å². The zero-order valence-corrected chi connectivity index (χ0v) is 16.8. The molecule has 0 aromatic heterocycles. The maximum Gasteiger partial charge on any atom is 0.407 e. The van der Waals surface area contributed by atoms with E-state index in [1.54, 1.807) is 26.8 Å². The van der Waals surface area contributed by atoms with E-state index in [0.29, 0.717) is 12.1 Å². The Morgan fingerprint density at radius 3 is 2.23 bits per heavy atom. The second-order valence-electron chi connectivity index (χ2n) is 8.82. The lowest BCUT2D eigenvalue weighted by Crippen LogP contribution is -2.50. The number of nitrogen functional groups attached to an aromatic ring is 1. The van der Waals surface area contributed by atoms with Gasteiger partial charge in [0.25, 0.3) is 0 Å². The quantitative estimate of drug-likeness (QED) is 0.691. The molecule has 2 atom stereocenters. The monoisotopic (exact) mass is 364 g/mol. The number of nitrogens with one attached hydrogen (secondary N) is 1. The molecule has 0 fully saturated rings. The maximum absolute atomic E-state index is 12.3. The van der Waals surface area contributed by atoms with E-state index in [9.17, 15) is 14.7 Å². The van der Waals surface area contributed by atoms with Crippen molar-refractivity contribution in [2.24, 2.45) is 11.3 Å². The number of hydrogen-bond acceptors (Lipinski definition) is 4. The summed E-state index contributed by atoms with van der Waals surface area (Å²) >= 11 is 0. The minimum Gasteiger partial charge on any atom is -0.481 e. The fraction of sp³-hybridized carbons (Fsp3) is 0.600. The van der Waals surface area contributed by atoms with Crippen molar-refractivity contribution in [3.63, 3.8) is 0 Å². The molecule has 146 valence electrons. The van der Waals surface area contributed by atoms with Gasteiger partial charge in [0.2, 0.25) is 0 Å². The molecule has 6 heteroatoms. The highest BCUT2D eigenvalue weighted by atomic mass is 16.6. The van der Waals surface area contributed by atoms with Gasteiger partial charge in [-0.15, -0.1) is 0 Å². The van der Waals surface area contributed by atoms with E-state index in [1.807, 2.05) is 39.8 Å². The number of ether oxygens (including phenoxy) is 1. The van der Waals surface area contributed by atoms with Gasteiger partial charge in [0.15, 0.2) is 0 Å². The number of hydrogen-bond donors (Lipinski definition) is 3. The molecular formula is C20H32N2O4. The Morgan fingerprint density at radius 1 is 1.19 bits per heavy atom. The number of amides is 1. The maximum atomic E-state index is 12.3. The molecule has 0 saturated carbocycles. The van der Waals surface area contributed by atoms with E-state index in [2.05, 4.69) is 5.32 Å². The number of anilines is 1. The summed E-state index contributed by atoms with van der Waals surface area (Å²) in [7, 11) is 0. The molecule has 1 aromatic carbocycles. The molecule has 0 aliphatic carbocycles. The van der Waals surface area contributed by atoms with Crippen LogP contribution in [0.4, 0.5) is 10.5 Å². The van der Waals surface area contributed by atoms with Gasteiger partial charge in [-0.3, -0.25) is 4.79 Å². The van der Waals surface area contributed by atoms with Gasteiger partial charge < -0.3 is 20.9 Å². The lowest BCUT2D eigenvalue weighted by atomic mass is 9.74. The van der Waals surface area contributed by atoms with Crippen molar-refractivity contribution in [2.45, 2.75) is 66.5 Å². The molecule has 1 rings (SSSR count). The highest BCUT2D eigenvalue weighted by molar-refractivity contribution is 5.74. The Morgan fingerprint density at radius 2 is 1.77 bits per heavy atom. The summed E-state index contributed by atoms with van der Waals surface area (Å²) in [4.78, 5) is 24.3. The van der Waals surface area contributed by atoms with E-state index in [1.165, 1.54) is 0 Å². The Balaban J connectivity index is 3.21. The smallest absolute Gasteiger partial charge is 0.407 e. The number of carbonyl (C=O) groups excluding carboxylic acids is 1. The van der Waals surface area contributed by atoms with E-state index in [0.717, 1.165) is 11.1 Å². The second-order valence-corrected chi connectivity index (χ2v) is 8.82. The van der Waals surface area contributed by atoms with Crippen molar-refractivity contribution in [3.05, 3.63) is 29.3 Å². The number of nitrogens with two attached hydrogens (primary N) is 1. The molecule has 6 nitrogen and oxygen atoms in total. The zero-order valence-electron chi connectivity index (χ0n) is 16.8. The Labute approximate surface area is 156 Å². The van der Waals surface area contributed by atoms with Crippen LogP contribution in [0.15, 0.2) is 18.2 Å². The van der Waals surface area contributed by atoms with Crippen LogP contribution in [-0.4, -0.2) is 28.8 Å². The summed E-state index contributed by atoms with van der Waals surface area (Å²) in [6.45, 7) is 12.8. The minimum atomic E-state index is -0.958. The molecule has 0 heterocycles. The summed E-state index contributed by atoms with van der Waals surface area (Å²) in [5.41, 5.74) is 7.16. The van der Waals surface area contributed by atoms with Crippen LogP contribution in [0.3, 0.4) is 0 Å². The van der Waals surface area contributed by atoms with Crippen molar-refractivity contribution in [2.75, 3.05) is 5.73 Å². The van der Waals surface area contributed by atoms with Crippen molar-refractivity contribution in [1.29, 1.82) is 0 Å². The average Bonchev–Trinajstić information content (AvgIpc) is 2.38. The standard InChI is InChI=1S/C20H32N2O4/c1-12-8-9-14(21)10-13(12)11-15(16(17(23)24)19(2,3)4)22-18(25)26-20(5,6)7/h8-10,15-16H,11,21H2,1-7H3,(H,22,25)(H,23,24)/t15-,16?/m1/s1. The van der Waals surface area contributed by atoms with E-state index in [4.69, 9.17) is 10.5 Å². The first-order valence-corrected chi connectivity index (χ1v) is 8.78. The fourth-order valence-corrected chi connectivity index (χ4v) is 3.01. The van der Waals surface area contributed by atoms with Crippen LogP contribution in [0.2, 0.25) is 0 Å². The highest BCUT2D eigenvalue weighted by Gasteiger charge is 2.39. The molecule has 0 aliphatic heterocycles.